The number of aromatic nitrogens is 4. The number of rotatable bonds is 5. The van der Waals surface area contributed by atoms with Crippen LogP contribution in [-0.4, -0.2) is 24.9 Å². The topological polar surface area (TPSA) is 95.6 Å². The number of para-hydroxylation sites is 1. The molecule has 0 aliphatic rings. The zero-order chi connectivity index (χ0) is 19.7. The predicted octanol–water partition coefficient (Wildman–Crippen LogP) is 1.68. The zero-order valence-corrected chi connectivity index (χ0v) is 15.8. The summed E-state index contributed by atoms with van der Waals surface area (Å²) in [4.78, 5) is 45.7. The van der Waals surface area contributed by atoms with Gasteiger partial charge in [0.25, 0.3) is 11.1 Å². The van der Waals surface area contributed by atoms with Crippen molar-refractivity contribution in [2.24, 2.45) is 7.05 Å². The second kappa shape index (κ2) is 7.35. The molecule has 0 amide bonds. The normalized spacial score (nSPS) is 11.2. The number of aryl methyl sites for hydroxylation is 1. The lowest BCUT2D eigenvalue weighted by atomic mass is 10.2. The van der Waals surface area contributed by atoms with Gasteiger partial charge < -0.3 is 4.74 Å². The molecule has 142 valence electrons. The van der Waals surface area contributed by atoms with E-state index >= 15 is 0 Å². The van der Waals surface area contributed by atoms with Crippen molar-refractivity contribution in [3.8, 4) is 0 Å². The van der Waals surface area contributed by atoms with Crippen LogP contribution in [0.3, 0.4) is 0 Å². The van der Waals surface area contributed by atoms with Crippen LogP contribution in [0.15, 0.2) is 51.5 Å². The number of fused-ring (bicyclic) bond motifs is 2. The fraction of sp³-hybridized carbons (Fsp3) is 0.211. The minimum atomic E-state index is -0.449. The van der Waals surface area contributed by atoms with Crippen LogP contribution in [0, 0.1) is 0 Å². The van der Waals surface area contributed by atoms with Gasteiger partial charge in [-0.25, -0.2) is 9.97 Å². The third kappa shape index (κ3) is 3.44. The van der Waals surface area contributed by atoms with E-state index in [1.807, 2.05) is 6.07 Å². The van der Waals surface area contributed by atoms with Gasteiger partial charge in [-0.2, -0.15) is 0 Å². The molecule has 0 fully saturated rings. The van der Waals surface area contributed by atoms with E-state index < -0.39 is 5.97 Å². The summed E-state index contributed by atoms with van der Waals surface area (Å²) < 4.78 is 8.11. The number of benzene rings is 1. The largest absolute Gasteiger partial charge is 0.459 e. The first-order valence-electron chi connectivity index (χ1n) is 8.59. The summed E-state index contributed by atoms with van der Waals surface area (Å²) in [7, 11) is 1.63. The summed E-state index contributed by atoms with van der Waals surface area (Å²) in [6, 6.07) is 8.44. The average molecular weight is 396 g/mol. The molecule has 0 radical (unpaired) electrons. The van der Waals surface area contributed by atoms with Crippen molar-refractivity contribution < 1.29 is 9.53 Å². The van der Waals surface area contributed by atoms with Crippen molar-refractivity contribution in [1.29, 1.82) is 0 Å². The smallest absolute Gasteiger partial charge is 0.306 e. The molecule has 4 aromatic rings. The minimum absolute atomic E-state index is 0.0683. The number of carbonyl (C=O) groups excluding carboxylic acids is 1. The molecule has 0 aliphatic heterocycles. The molecule has 0 aliphatic carbocycles. The van der Waals surface area contributed by atoms with Crippen LogP contribution in [0.4, 0.5) is 0 Å². The van der Waals surface area contributed by atoms with Crippen LogP contribution >= 0.6 is 11.3 Å². The minimum Gasteiger partial charge on any atom is -0.459 e. The maximum Gasteiger partial charge on any atom is 0.306 e. The van der Waals surface area contributed by atoms with Gasteiger partial charge in [-0.05, 0) is 12.1 Å². The Balaban J connectivity index is 1.43. The van der Waals surface area contributed by atoms with E-state index in [2.05, 4.69) is 9.97 Å². The van der Waals surface area contributed by atoms with Crippen molar-refractivity contribution >= 4 is 33.2 Å². The SMILES string of the molecule is Cn1c(CCC(=O)OCc2cc(=O)n3ccsc3n2)nc2ccccc2c1=O. The zero-order valence-electron chi connectivity index (χ0n) is 15.0. The Hall–Kier alpha value is -3.33. The second-order valence-corrected chi connectivity index (χ2v) is 7.08. The quantitative estimate of drug-likeness (QED) is 0.476. The number of hydrogen-bond acceptors (Lipinski definition) is 7. The summed E-state index contributed by atoms with van der Waals surface area (Å²) in [5.41, 5.74) is 0.635. The van der Waals surface area contributed by atoms with Gasteiger partial charge in [-0.1, -0.05) is 12.1 Å². The number of thiazole rings is 1. The van der Waals surface area contributed by atoms with Crippen LogP contribution in [0.2, 0.25) is 0 Å². The fourth-order valence-electron chi connectivity index (χ4n) is 2.89. The number of ether oxygens (including phenoxy) is 1. The van der Waals surface area contributed by atoms with E-state index in [1.165, 1.54) is 26.4 Å². The molecular weight excluding hydrogens is 380 g/mol. The summed E-state index contributed by atoms with van der Waals surface area (Å²) in [6.07, 6.45) is 1.99. The van der Waals surface area contributed by atoms with Crippen molar-refractivity contribution in [2.75, 3.05) is 0 Å². The van der Waals surface area contributed by atoms with Gasteiger partial charge in [-0.15, -0.1) is 11.3 Å². The first-order valence-corrected chi connectivity index (χ1v) is 9.47. The number of esters is 1. The lowest BCUT2D eigenvalue weighted by molar-refractivity contribution is -0.145. The van der Waals surface area contributed by atoms with Crippen molar-refractivity contribution in [3.05, 3.63) is 74.1 Å². The van der Waals surface area contributed by atoms with Crippen LogP contribution in [0.5, 0.6) is 0 Å². The van der Waals surface area contributed by atoms with Crippen LogP contribution in [-0.2, 0) is 29.6 Å². The summed E-state index contributed by atoms with van der Waals surface area (Å²) >= 11 is 1.33. The van der Waals surface area contributed by atoms with E-state index in [1.54, 1.807) is 36.8 Å². The Labute approximate surface area is 162 Å². The molecule has 9 heteroatoms. The molecule has 0 saturated heterocycles. The molecule has 3 heterocycles. The molecule has 28 heavy (non-hydrogen) atoms. The van der Waals surface area contributed by atoms with Crippen molar-refractivity contribution in [2.45, 2.75) is 19.4 Å². The Morgan fingerprint density at radius 1 is 1.21 bits per heavy atom. The molecule has 0 N–H and O–H groups in total. The van der Waals surface area contributed by atoms with E-state index in [-0.39, 0.29) is 30.6 Å². The van der Waals surface area contributed by atoms with E-state index in [0.29, 0.717) is 27.4 Å². The summed E-state index contributed by atoms with van der Waals surface area (Å²) in [5.74, 6) is 0.0626. The van der Waals surface area contributed by atoms with Crippen molar-refractivity contribution in [1.82, 2.24) is 18.9 Å². The molecular formula is C19H16N4O4S. The van der Waals surface area contributed by atoms with Crippen molar-refractivity contribution in [3.63, 3.8) is 0 Å². The lowest BCUT2D eigenvalue weighted by Gasteiger charge is -2.09. The first-order chi connectivity index (χ1) is 13.5. The van der Waals surface area contributed by atoms with Crippen LogP contribution < -0.4 is 11.1 Å². The van der Waals surface area contributed by atoms with Gasteiger partial charge in [0.2, 0.25) is 0 Å². The van der Waals surface area contributed by atoms with Gasteiger partial charge in [0.1, 0.15) is 12.4 Å². The maximum absolute atomic E-state index is 12.4. The highest BCUT2D eigenvalue weighted by molar-refractivity contribution is 7.15. The molecule has 0 atom stereocenters. The highest BCUT2D eigenvalue weighted by Crippen LogP contribution is 2.10. The van der Waals surface area contributed by atoms with Gasteiger partial charge in [0.15, 0.2) is 4.96 Å². The van der Waals surface area contributed by atoms with E-state index in [0.717, 1.165) is 0 Å². The highest BCUT2D eigenvalue weighted by Gasteiger charge is 2.12. The predicted molar refractivity (Wildman–Crippen MR) is 104 cm³/mol. The third-order valence-electron chi connectivity index (χ3n) is 4.37. The Bertz CT molecular complexity index is 1300. The Morgan fingerprint density at radius 3 is 2.89 bits per heavy atom. The van der Waals surface area contributed by atoms with Gasteiger partial charge in [0.05, 0.1) is 23.0 Å². The van der Waals surface area contributed by atoms with Gasteiger partial charge in [0, 0.05) is 31.1 Å². The van der Waals surface area contributed by atoms with Crippen LogP contribution in [0.1, 0.15) is 17.9 Å². The molecule has 0 unspecified atom stereocenters. The summed E-state index contributed by atoms with van der Waals surface area (Å²) in [5, 5.41) is 2.30. The Kier molecular flexibility index (Phi) is 4.74. The standard InChI is InChI=1S/C19H16N4O4S/c1-22-15(21-14-5-3-2-4-13(14)18(22)26)6-7-17(25)27-11-12-10-16(24)23-8-9-28-19(23)20-12/h2-5,8-10H,6-7,11H2,1H3. The summed E-state index contributed by atoms with van der Waals surface area (Å²) in [6.45, 7) is -0.0768. The van der Waals surface area contributed by atoms with Crippen LogP contribution in [0.25, 0.3) is 15.9 Å². The Morgan fingerprint density at radius 2 is 2.04 bits per heavy atom. The molecule has 8 nitrogen and oxygen atoms in total. The van der Waals surface area contributed by atoms with E-state index in [4.69, 9.17) is 4.74 Å². The van der Waals surface area contributed by atoms with E-state index in [9.17, 15) is 14.4 Å². The van der Waals surface area contributed by atoms with Gasteiger partial charge in [-0.3, -0.25) is 23.4 Å². The van der Waals surface area contributed by atoms with Gasteiger partial charge >= 0.3 is 5.97 Å². The average Bonchev–Trinajstić information content (AvgIpc) is 3.17. The molecule has 0 bridgehead atoms. The monoisotopic (exact) mass is 396 g/mol. The number of carbonyl (C=O) groups is 1. The molecule has 3 aromatic heterocycles. The lowest BCUT2D eigenvalue weighted by Crippen LogP contribution is -2.23. The highest BCUT2D eigenvalue weighted by atomic mass is 32.1. The number of hydrogen-bond donors (Lipinski definition) is 0. The second-order valence-electron chi connectivity index (χ2n) is 6.21. The molecule has 1 aromatic carbocycles. The maximum atomic E-state index is 12.4. The number of nitrogens with zero attached hydrogens (tertiary/aromatic N) is 4. The third-order valence-corrected chi connectivity index (χ3v) is 5.12. The molecule has 0 saturated carbocycles. The molecule has 4 rings (SSSR count). The fourth-order valence-corrected chi connectivity index (χ4v) is 3.63. The first kappa shape index (κ1) is 18.1. The molecule has 0 spiro atoms.